The number of rotatable bonds is 5. The van der Waals surface area contributed by atoms with Gasteiger partial charge in [-0.2, -0.15) is 0 Å². The SMILES string of the molecule is COc1nc(C)cnc1C1(c2ccc(-c3nnco3)cc2)NC=CC=C1S(N)(=O)=O. The van der Waals surface area contributed by atoms with E-state index >= 15 is 0 Å². The molecule has 1 aliphatic heterocycles. The van der Waals surface area contributed by atoms with E-state index in [9.17, 15) is 8.42 Å². The normalized spacial score (nSPS) is 18.6. The van der Waals surface area contributed by atoms with Gasteiger partial charge in [0.1, 0.15) is 11.2 Å². The van der Waals surface area contributed by atoms with Gasteiger partial charge in [0.2, 0.25) is 28.2 Å². The van der Waals surface area contributed by atoms with Crippen molar-refractivity contribution in [2.75, 3.05) is 7.11 Å². The van der Waals surface area contributed by atoms with Gasteiger partial charge in [0.25, 0.3) is 0 Å². The Bertz CT molecular complexity index is 1240. The summed E-state index contributed by atoms with van der Waals surface area (Å²) in [7, 11) is -2.69. The highest BCUT2D eigenvalue weighted by Crippen LogP contribution is 2.42. The molecular weight excluding hydrogens is 408 g/mol. The number of nitrogens with zero attached hydrogens (tertiary/aromatic N) is 4. The molecule has 0 fully saturated rings. The minimum Gasteiger partial charge on any atom is -0.480 e. The van der Waals surface area contributed by atoms with E-state index in [0.717, 1.165) is 0 Å². The number of methoxy groups -OCH3 is 1. The van der Waals surface area contributed by atoms with Gasteiger partial charge < -0.3 is 14.5 Å². The highest BCUT2D eigenvalue weighted by atomic mass is 32.2. The first kappa shape index (κ1) is 19.7. The third-order valence-electron chi connectivity index (χ3n) is 4.65. The van der Waals surface area contributed by atoms with Crippen molar-refractivity contribution in [3.8, 4) is 17.3 Å². The van der Waals surface area contributed by atoms with Crippen LogP contribution in [0.15, 0.2) is 64.5 Å². The topological polar surface area (TPSA) is 146 Å². The summed E-state index contributed by atoms with van der Waals surface area (Å²) in [4.78, 5) is 8.74. The molecule has 0 spiro atoms. The summed E-state index contributed by atoms with van der Waals surface area (Å²) < 4.78 is 35.8. The molecule has 3 aromatic rings. The summed E-state index contributed by atoms with van der Waals surface area (Å²) in [5.41, 5.74) is 0.630. The molecule has 0 saturated carbocycles. The first-order valence-electron chi connectivity index (χ1n) is 8.79. The van der Waals surface area contributed by atoms with E-state index in [1.165, 1.54) is 25.8 Å². The Hall–Kier alpha value is -3.57. The summed E-state index contributed by atoms with van der Waals surface area (Å²) in [6, 6.07) is 6.93. The first-order valence-corrected chi connectivity index (χ1v) is 10.3. The lowest BCUT2D eigenvalue weighted by molar-refractivity contribution is 0.372. The summed E-state index contributed by atoms with van der Waals surface area (Å²) in [5, 5.41) is 16.3. The standard InChI is InChI=1S/C19H18N6O4S/c1-12-10-21-16(18(24-12)28-2)19(15(30(20,26)27)4-3-9-22-19)14-7-5-13(6-8-14)17-25-23-11-29-17/h3-11,22H,1-2H3,(H2,20,26,27). The number of sulfonamides is 1. The molecule has 0 radical (unpaired) electrons. The second-order valence-electron chi connectivity index (χ2n) is 6.52. The zero-order valence-electron chi connectivity index (χ0n) is 16.1. The number of dihydropyridines is 1. The monoisotopic (exact) mass is 426 g/mol. The van der Waals surface area contributed by atoms with Crippen LogP contribution in [0.2, 0.25) is 0 Å². The van der Waals surface area contributed by atoms with Crippen LogP contribution in [-0.4, -0.2) is 35.7 Å². The Kier molecular flexibility index (Phi) is 4.84. The number of benzene rings is 1. The van der Waals surface area contributed by atoms with Crippen LogP contribution in [0.4, 0.5) is 0 Å². The second kappa shape index (κ2) is 7.35. The largest absolute Gasteiger partial charge is 0.480 e. The van der Waals surface area contributed by atoms with Crippen molar-refractivity contribution in [1.29, 1.82) is 0 Å². The van der Waals surface area contributed by atoms with Gasteiger partial charge in [-0.05, 0) is 43.0 Å². The fraction of sp³-hybridized carbons (Fsp3) is 0.158. The van der Waals surface area contributed by atoms with E-state index in [-0.39, 0.29) is 16.5 Å². The van der Waals surface area contributed by atoms with Crippen LogP contribution in [0, 0.1) is 6.92 Å². The van der Waals surface area contributed by atoms with Gasteiger partial charge in [-0.15, -0.1) is 10.2 Å². The number of hydrogen-bond acceptors (Lipinski definition) is 9. The van der Waals surface area contributed by atoms with Gasteiger partial charge in [-0.3, -0.25) is 4.98 Å². The van der Waals surface area contributed by atoms with Crippen LogP contribution >= 0.6 is 0 Å². The van der Waals surface area contributed by atoms with Crippen LogP contribution in [0.3, 0.4) is 0 Å². The number of primary sulfonamides is 1. The maximum atomic E-state index is 12.6. The third-order valence-corrected chi connectivity index (χ3v) is 5.71. The molecule has 0 aliphatic carbocycles. The van der Waals surface area contributed by atoms with Gasteiger partial charge in [0, 0.05) is 11.8 Å². The quantitative estimate of drug-likeness (QED) is 0.617. The van der Waals surface area contributed by atoms with E-state index in [0.29, 0.717) is 22.7 Å². The van der Waals surface area contributed by atoms with Gasteiger partial charge in [-0.25, -0.2) is 18.5 Å². The van der Waals surface area contributed by atoms with Crippen molar-refractivity contribution < 1.29 is 17.6 Å². The highest BCUT2D eigenvalue weighted by molar-refractivity contribution is 7.93. The molecule has 0 amide bonds. The summed E-state index contributed by atoms with van der Waals surface area (Å²) in [6.07, 6.45) is 7.36. The molecule has 11 heteroatoms. The predicted molar refractivity (Wildman–Crippen MR) is 107 cm³/mol. The Morgan fingerprint density at radius 3 is 2.63 bits per heavy atom. The van der Waals surface area contributed by atoms with Crippen molar-refractivity contribution in [1.82, 2.24) is 25.5 Å². The molecule has 1 atom stereocenters. The molecule has 3 heterocycles. The smallest absolute Gasteiger partial charge is 0.247 e. The van der Waals surface area contributed by atoms with Crippen molar-refractivity contribution in [2.24, 2.45) is 5.14 Å². The molecule has 30 heavy (non-hydrogen) atoms. The van der Waals surface area contributed by atoms with Crippen LogP contribution < -0.4 is 15.2 Å². The average Bonchev–Trinajstić information content (AvgIpc) is 3.28. The third kappa shape index (κ3) is 3.23. The zero-order chi connectivity index (χ0) is 21.4. The molecule has 10 nitrogen and oxygen atoms in total. The molecule has 0 saturated heterocycles. The van der Waals surface area contributed by atoms with Gasteiger partial charge in [-0.1, -0.05) is 12.1 Å². The molecule has 1 unspecified atom stereocenters. The van der Waals surface area contributed by atoms with E-state index in [2.05, 4.69) is 25.5 Å². The summed E-state index contributed by atoms with van der Waals surface area (Å²) in [6.45, 7) is 1.76. The Morgan fingerprint density at radius 2 is 2.00 bits per heavy atom. The Balaban J connectivity index is 1.98. The Morgan fingerprint density at radius 1 is 1.23 bits per heavy atom. The maximum absolute atomic E-state index is 12.6. The average molecular weight is 426 g/mol. The van der Waals surface area contributed by atoms with Crippen LogP contribution in [-0.2, 0) is 15.6 Å². The van der Waals surface area contributed by atoms with Crippen molar-refractivity contribution in [3.63, 3.8) is 0 Å². The number of ether oxygens (including phenoxy) is 1. The fourth-order valence-electron chi connectivity index (χ4n) is 3.38. The van der Waals surface area contributed by atoms with E-state index in [1.807, 2.05) is 0 Å². The fourth-order valence-corrected chi connectivity index (χ4v) is 4.35. The first-order chi connectivity index (χ1) is 14.4. The molecule has 1 aromatic carbocycles. The molecule has 3 N–H and O–H groups in total. The summed E-state index contributed by atoms with van der Waals surface area (Å²) in [5.74, 6) is 0.510. The lowest BCUT2D eigenvalue weighted by Crippen LogP contribution is -2.48. The minimum absolute atomic E-state index is 0.0977. The van der Waals surface area contributed by atoms with E-state index < -0.39 is 15.6 Å². The second-order valence-corrected chi connectivity index (χ2v) is 8.05. The number of allylic oxidation sites excluding steroid dienone is 2. The van der Waals surface area contributed by atoms with Gasteiger partial charge in [0.05, 0.1) is 17.7 Å². The number of aromatic nitrogens is 4. The number of nitrogens with two attached hydrogens (primary N) is 1. The van der Waals surface area contributed by atoms with Crippen molar-refractivity contribution in [2.45, 2.75) is 12.5 Å². The predicted octanol–water partition coefficient (Wildman–Crippen LogP) is 1.38. The van der Waals surface area contributed by atoms with Gasteiger partial charge >= 0.3 is 0 Å². The lowest BCUT2D eigenvalue weighted by atomic mass is 9.84. The van der Waals surface area contributed by atoms with Crippen LogP contribution in [0.25, 0.3) is 11.5 Å². The molecule has 4 rings (SSSR count). The number of hydrogen-bond donors (Lipinski definition) is 2. The van der Waals surface area contributed by atoms with Crippen molar-refractivity contribution >= 4 is 10.0 Å². The van der Waals surface area contributed by atoms with Crippen molar-refractivity contribution in [3.05, 3.63) is 77.1 Å². The van der Waals surface area contributed by atoms with E-state index in [1.54, 1.807) is 43.5 Å². The summed E-state index contributed by atoms with van der Waals surface area (Å²) >= 11 is 0. The molecule has 1 aliphatic rings. The molecule has 154 valence electrons. The molecule has 0 bridgehead atoms. The Labute approximate surface area is 172 Å². The zero-order valence-corrected chi connectivity index (χ0v) is 16.9. The molecular formula is C19H18N6O4S. The molecule has 2 aromatic heterocycles. The minimum atomic E-state index is -4.14. The maximum Gasteiger partial charge on any atom is 0.247 e. The van der Waals surface area contributed by atoms with Crippen LogP contribution in [0.1, 0.15) is 17.0 Å². The number of aryl methyl sites for hydroxylation is 1. The lowest BCUT2D eigenvalue weighted by Gasteiger charge is -2.37. The van der Waals surface area contributed by atoms with Gasteiger partial charge in [0.15, 0.2) is 0 Å². The van der Waals surface area contributed by atoms with Crippen LogP contribution in [0.5, 0.6) is 5.88 Å². The van der Waals surface area contributed by atoms with E-state index in [4.69, 9.17) is 14.3 Å². The number of nitrogens with one attached hydrogen (secondary N) is 1. The highest BCUT2D eigenvalue weighted by Gasteiger charge is 2.47.